The summed E-state index contributed by atoms with van der Waals surface area (Å²) in [5.74, 6) is 1.32. The van der Waals surface area contributed by atoms with Gasteiger partial charge in [0.25, 0.3) is 0 Å². The van der Waals surface area contributed by atoms with Gasteiger partial charge in [0.15, 0.2) is 0 Å². The van der Waals surface area contributed by atoms with E-state index in [0.29, 0.717) is 18.9 Å². The average molecular weight is 340 g/mol. The van der Waals surface area contributed by atoms with E-state index in [0.717, 1.165) is 35.7 Å². The molecule has 4 nitrogen and oxygen atoms in total. The van der Waals surface area contributed by atoms with E-state index in [4.69, 9.17) is 4.74 Å². The van der Waals surface area contributed by atoms with Gasteiger partial charge in [-0.3, -0.25) is 4.79 Å². The minimum Gasteiger partial charge on any atom is -0.493 e. The molecule has 0 heterocycles. The number of carbonyl (C=O) groups is 1. The Balaban J connectivity index is 1.92. The van der Waals surface area contributed by atoms with Crippen molar-refractivity contribution in [1.29, 1.82) is 0 Å². The van der Waals surface area contributed by atoms with E-state index in [-0.39, 0.29) is 5.91 Å². The fourth-order valence-electron chi connectivity index (χ4n) is 2.40. The molecular formula is C21H28N2O2. The van der Waals surface area contributed by atoms with Crippen molar-refractivity contribution in [3.05, 3.63) is 59.7 Å². The van der Waals surface area contributed by atoms with Crippen molar-refractivity contribution >= 4 is 11.6 Å². The van der Waals surface area contributed by atoms with Crippen molar-refractivity contribution < 1.29 is 9.53 Å². The van der Waals surface area contributed by atoms with Crippen molar-refractivity contribution in [2.75, 3.05) is 18.5 Å². The molecule has 0 aromatic heterocycles. The first kappa shape index (κ1) is 19.0. The summed E-state index contributed by atoms with van der Waals surface area (Å²) in [7, 11) is 0. The molecule has 0 saturated heterocycles. The summed E-state index contributed by atoms with van der Waals surface area (Å²) in [6.45, 7) is 8.64. The van der Waals surface area contributed by atoms with Crippen molar-refractivity contribution in [2.45, 2.75) is 33.7 Å². The standard InChI is InChI=1S/C21H28N2O2/c1-4-22-14-18-7-5-6-8-20(18)23-21(24)13-17-9-11-19(12-10-17)25-15-16(2)3/h5-12,16,22H,4,13-15H2,1-3H3,(H,23,24). The maximum Gasteiger partial charge on any atom is 0.228 e. The molecule has 0 aliphatic rings. The number of hydrogen-bond acceptors (Lipinski definition) is 3. The van der Waals surface area contributed by atoms with E-state index in [1.54, 1.807) is 0 Å². The van der Waals surface area contributed by atoms with Crippen LogP contribution < -0.4 is 15.4 Å². The van der Waals surface area contributed by atoms with Gasteiger partial charge in [-0.05, 0) is 41.8 Å². The van der Waals surface area contributed by atoms with Crippen LogP contribution in [0.5, 0.6) is 5.75 Å². The van der Waals surface area contributed by atoms with E-state index >= 15 is 0 Å². The third-order valence-corrected chi connectivity index (χ3v) is 3.73. The van der Waals surface area contributed by atoms with Crippen LogP contribution in [0.3, 0.4) is 0 Å². The van der Waals surface area contributed by atoms with Gasteiger partial charge < -0.3 is 15.4 Å². The molecule has 2 aromatic rings. The Labute approximate surface area is 150 Å². The number of hydrogen-bond donors (Lipinski definition) is 2. The van der Waals surface area contributed by atoms with Crippen LogP contribution in [0.25, 0.3) is 0 Å². The zero-order valence-electron chi connectivity index (χ0n) is 15.3. The SMILES string of the molecule is CCNCc1ccccc1NC(=O)Cc1ccc(OCC(C)C)cc1. The zero-order valence-corrected chi connectivity index (χ0v) is 15.3. The molecule has 1 amide bonds. The summed E-state index contributed by atoms with van der Waals surface area (Å²) >= 11 is 0. The first-order valence-electron chi connectivity index (χ1n) is 8.88. The molecule has 0 unspecified atom stereocenters. The van der Waals surface area contributed by atoms with Gasteiger partial charge in [0.2, 0.25) is 5.91 Å². The van der Waals surface area contributed by atoms with Crippen LogP contribution >= 0.6 is 0 Å². The summed E-state index contributed by atoms with van der Waals surface area (Å²) < 4.78 is 5.67. The van der Waals surface area contributed by atoms with Crippen molar-refractivity contribution in [1.82, 2.24) is 5.32 Å². The quantitative estimate of drug-likeness (QED) is 0.725. The number of carbonyl (C=O) groups excluding carboxylic acids is 1. The molecule has 0 atom stereocenters. The molecular weight excluding hydrogens is 312 g/mol. The molecule has 25 heavy (non-hydrogen) atoms. The number of rotatable bonds is 9. The van der Waals surface area contributed by atoms with Gasteiger partial charge in [0.05, 0.1) is 13.0 Å². The summed E-state index contributed by atoms with van der Waals surface area (Å²) in [5, 5.41) is 6.30. The highest BCUT2D eigenvalue weighted by molar-refractivity contribution is 5.93. The average Bonchev–Trinajstić information content (AvgIpc) is 2.60. The van der Waals surface area contributed by atoms with Crippen LogP contribution in [0.1, 0.15) is 31.9 Å². The van der Waals surface area contributed by atoms with Crippen LogP contribution in [0.15, 0.2) is 48.5 Å². The molecule has 4 heteroatoms. The Bertz CT molecular complexity index is 666. The summed E-state index contributed by atoms with van der Waals surface area (Å²) in [4.78, 5) is 12.3. The molecule has 0 aliphatic carbocycles. The van der Waals surface area contributed by atoms with Crippen LogP contribution in [-0.2, 0) is 17.8 Å². The lowest BCUT2D eigenvalue weighted by atomic mass is 10.1. The Hall–Kier alpha value is -2.33. The maximum atomic E-state index is 12.3. The summed E-state index contributed by atoms with van der Waals surface area (Å²) in [6.07, 6.45) is 0.347. The highest BCUT2D eigenvalue weighted by atomic mass is 16.5. The molecule has 0 saturated carbocycles. The number of nitrogens with one attached hydrogen (secondary N) is 2. The van der Waals surface area contributed by atoms with Crippen LogP contribution in [0.2, 0.25) is 0 Å². The van der Waals surface area contributed by atoms with Gasteiger partial charge in [-0.15, -0.1) is 0 Å². The van der Waals surface area contributed by atoms with Crippen molar-refractivity contribution in [3.63, 3.8) is 0 Å². The largest absolute Gasteiger partial charge is 0.493 e. The molecule has 0 radical (unpaired) electrons. The van der Waals surface area contributed by atoms with Crippen LogP contribution in [-0.4, -0.2) is 19.1 Å². The first-order valence-corrected chi connectivity index (χ1v) is 8.88. The topological polar surface area (TPSA) is 50.4 Å². The molecule has 134 valence electrons. The number of para-hydroxylation sites is 1. The first-order chi connectivity index (χ1) is 12.1. The number of ether oxygens (including phenoxy) is 1. The Morgan fingerprint density at radius 2 is 1.80 bits per heavy atom. The lowest BCUT2D eigenvalue weighted by Crippen LogP contribution is -2.18. The summed E-state index contributed by atoms with van der Waals surface area (Å²) in [5.41, 5.74) is 2.93. The van der Waals surface area contributed by atoms with E-state index in [1.807, 2.05) is 48.5 Å². The predicted molar refractivity (Wildman–Crippen MR) is 103 cm³/mol. The minimum atomic E-state index is -0.0141. The molecule has 0 bridgehead atoms. The van der Waals surface area contributed by atoms with Gasteiger partial charge in [-0.25, -0.2) is 0 Å². The van der Waals surface area contributed by atoms with Gasteiger partial charge >= 0.3 is 0 Å². The Morgan fingerprint density at radius 3 is 2.48 bits per heavy atom. The minimum absolute atomic E-state index is 0.0141. The third kappa shape index (κ3) is 6.59. The second-order valence-corrected chi connectivity index (χ2v) is 6.51. The van der Waals surface area contributed by atoms with E-state index < -0.39 is 0 Å². The van der Waals surface area contributed by atoms with Gasteiger partial charge in [0, 0.05) is 12.2 Å². The smallest absolute Gasteiger partial charge is 0.228 e. The van der Waals surface area contributed by atoms with Crippen molar-refractivity contribution in [3.8, 4) is 5.75 Å². The second-order valence-electron chi connectivity index (χ2n) is 6.51. The predicted octanol–water partition coefficient (Wildman–Crippen LogP) is 4.01. The van der Waals surface area contributed by atoms with E-state index in [9.17, 15) is 4.79 Å². The normalized spacial score (nSPS) is 10.7. The van der Waals surface area contributed by atoms with Gasteiger partial charge in [0.1, 0.15) is 5.75 Å². The number of benzene rings is 2. The highest BCUT2D eigenvalue weighted by Gasteiger charge is 2.08. The maximum absolute atomic E-state index is 12.3. The fourth-order valence-corrected chi connectivity index (χ4v) is 2.40. The number of amides is 1. The molecule has 0 fully saturated rings. The second kappa shape index (κ2) is 9.84. The summed E-state index contributed by atoms with van der Waals surface area (Å²) in [6, 6.07) is 15.6. The van der Waals surface area contributed by atoms with E-state index in [1.165, 1.54) is 0 Å². The monoisotopic (exact) mass is 340 g/mol. The number of anilines is 1. The molecule has 0 spiro atoms. The third-order valence-electron chi connectivity index (χ3n) is 3.73. The zero-order chi connectivity index (χ0) is 18.1. The lowest BCUT2D eigenvalue weighted by molar-refractivity contribution is -0.115. The molecule has 2 rings (SSSR count). The Kier molecular flexibility index (Phi) is 7.48. The lowest BCUT2D eigenvalue weighted by Gasteiger charge is -2.12. The molecule has 2 aromatic carbocycles. The van der Waals surface area contributed by atoms with Crippen molar-refractivity contribution in [2.24, 2.45) is 5.92 Å². The fraction of sp³-hybridized carbons (Fsp3) is 0.381. The molecule has 2 N–H and O–H groups in total. The highest BCUT2D eigenvalue weighted by Crippen LogP contribution is 2.17. The van der Waals surface area contributed by atoms with E-state index in [2.05, 4.69) is 31.4 Å². The Morgan fingerprint density at radius 1 is 1.08 bits per heavy atom. The van der Waals surface area contributed by atoms with Crippen LogP contribution in [0.4, 0.5) is 5.69 Å². The van der Waals surface area contributed by atoms with Crippen LogP contribution in [0, 0.1) is 5.92 Å². The van der Waals surface area contributed by atoms with Gasteiger partial charge in [-0.2, -0.15) is 0 Å². The molecule has 0 aliphatic heterocycles. The van der Waals surface area contributed by atoms with Gasteiger partial charge in [-0.1, -0.05) is 51.1 Å².